The Kier molecular flexibility index (Phi) is 7.68. The number of benzene rings is 1. The monoisotopic (exact) mass is 564 g/mol. The van der Waals surface area contributed by atoms with Crippen LogP contribution in [-0.4, -0.2) is 74.8 Å². The largest absolute Gasteiger partial charge is 0.361 e. The van der Waals surface area contributed by atoms with Crippen LogP contribution in [0, 0.1) is 17.8 Å². The van der Waals surface area contributed by atoms with Gasteiger partial charge in [-0.05, 0) is 56.5 Å². The second-order valence-electron chi connectivity index (χ2n) is 12.6. The molecular formula is C32H44N4O5. The zero-order chi connectivity index (χ0) is 29.9. The van der Waals surface area contributed by atoms with Gasteiger partial charge in [0.1, 0.15) is 0 Å². The highest BCUT2D eigenvalue weighted by Gasteiger charge is 2.66. The summed E-state index contributed by atoms with van der Waals surface area (Å²) < 4.78 is 6.34. The average molecular weight is 565 g/mol. The van der Waals surface area contributed by atoms with Gasteiger partial charge in [-0.25, -0.2) is 0 Å². The molecule has 0 bridgehead atoms. The minimum absolute atomic E-state index is 0.146. The Labute approximate surface area is 242 Å². The van der Waals surface area contributed by atoms with Crippen molar-refractivity contribution in [2.24, 2.45) is 17.8 Å². The predicted molar refractivity (Wildman–Crippen MR) is 157 cm³/mol. The fraction of sp³-hybridized carbons (Fsp3) is 0.594. The Morgan fingerprint density at radius 3 is 2.63 bits per heavy atom. The van der Waals surface area contributed by atoms with E-state index >= 15 is 0 Å². The maximum Gasteiger partial charge on any atom is 0.281 e. The Morgan fingerprint density at radius 2 is 1.98 bits per heavy atom. The number of unbranched alkanes of at least 4 members (excludes halogenated alkanes) is 1. The molecule has 3 heterocycles. The molecule has 2 amide bonds. The molecule has 41 heavy (non-hydrogen) atoms. The quantitative estimate of drug-likeness (QED) is 0.427. The van der Waals surface area contributed by atoms with Crippen LogP contribution in [0.25, 0.3) is 16.5 Å². The molecule has 6 atom stereocenters. The molecule has 9 heteroatoms. The van der Waals surface area contributed by atoms with E-state index in [9.17, 15) is 19.5 Å². The minimum atomic E-state index is -2.04. The van der Waals surface area contributed by atoms with Gasteiger partial charge >= 0.3 is 0 Å². The number of ether oxygens (including phenoxy) is 1. The lowest BCUT2D eigenvalue weighted by Crippen LogP contribution is -2.61. The number of aromatic nitrogens is 1. The summed E-state index contributed by atoms with van der Waals surface area (Å²) >= 11 is 0. The van der Waals surface area contributed by atoms with Gasteiger partial charge in [0.25, 0.3) is 11.8 Å². The lowest BCUT2D eigenvalue weighted by atomic mass is 9.79. The first-order valence-electron chi connectivity index (χ1n) is 15.0. The number of aromatic amines is 1. The first-order chi connectivity index (χ1) is 19.4. The number of hydrogen-bond donors (Lipinski definition) is 3. The summed E-state index contributed by atoms with van der Waals surface area (Å²) in [5.74, 6) is -4.78. The van der Waals surface area contributed by atoms with Crippen molar-refractivity contribution in [1.82, 2.24) is 20.1 Å². The van der Waals surface area contributed by atoms with Gasteiger partial charge in [-0.2, -0.15) is 0 Å². The number of rotatable bonds is 9. The van der Waals surface area contributed by atoms with Crippen molar-refractivity contribution in [3.05, 3.63) is 41.6 Å². The molecule has 0 spiro atoms. The van der Waals surface area contributed by atoms with Crippen LogP contribution >= 0.6 is 0 Å². The van der Waals surface area contributed by atoms with Crippen LogP contribution in [0.5, 0.6) is 0 Å². The normalized spacial score (nSPS) is 29.4. The van der Waals surface area contributed by atoms with Gasteiger partial charge in [0, 0.05) is 41.5 Å². The number of ketones is 1. The van der Waals surface area contributed by atoms with Crippen molar-refractivity contribution >= 4 is 34.1 Å². The number of hydrogen-bond acceptors (Lipinski definition) is 6. The molecule has 5 rings (SSSR count). The maximum absolute atomic E-state index is 14.2. The van der Waals surface area contributed by atoms with Crippen LogP contribution in [0.1, 0.15) is 71.9 Å². The molecule has 1 aromatic carbocycles. The average Bonchev–Trinajstić information content (AvgIpc) is 3.45. The number of amides is 2. The lowest BCUT2D eigenvalue weighted by Gasteiger charge is -2.41. The van der Waals surface area contributed by atoms with Crippen molar-refractivity contribution in [3.8, 4) is 0 Å². The summed E-state index contributed by atoms with van der Waals surface area (Å²) in [6.07, 6.45) is 7.28. The standard InChI is InChI=1S/C32H44N4O5/c1-8-9-11-19(4)32(40)36(20(5)21(6)37)30(39)31(41-32,18(2)3)34-29(38)23-14-25-24-12-10-13-26-28(24)22(16-33-26)15-27(25)35(7)17-23/h10,12-14,16,18-20,23,27,33,40H,8-9,11,15,17H2,1-7H3,(H,34,38)/t19?,20-,23?,27?,31?,32-/m0/s1. The number of aliphatic hydroxyl groups is 1. The molecule has 2 aliphatic heterocycles. The van der Waals surface area contributed by atoms with Gasteiger partial charge in [-0.3, -0.25) is 28.9 Å². The Balaban J connectivity index is 1.50. The molecule has 3 aliphatic rings. The van der Waals surface area contributed by atoms with E-state index in [2.05, 4.69) is 40.5 Å². The summed E-state index contributed by atoms with van der Waals surface area (Å²) in [4.78, 5) is 47.5. The molecule has 222 valence electrons. The van der Waals surface area contributed by atoms with E-state index in [4.69, 9.17) is 4.74 Å². The molecule has 0 saturated carbocycles. The van der Waals surface area contributed by atoms with Gasteiger partial charge in [0.15, 0.2) is 5.78 Å². The first-order valence-corrected chi connectivity index (χ1v) is 15.0. The molecule has 1 fully saturated rings. The number of fused-ring (bicyclic) bond motifs is 2. The highest BCUT2D eigenvalue weighted by molar-refractivity contribution is 6.00. The van der Waals surface area contributed by atoms with Gasteiger partial charge in [0.2, 0.25) is 11.6 Å². The Bertz CT molecular complexity index is 1400. The molecule has 1 aliphatic carbocycles. The van der Waals surface area contributed by atoms with Crippen LogP contribution in [0.4, 0.5) is 0 Å². The fourth-order valence-corrected chi connectivity index (χ4v) is 6.80. The number of carbonyl (C=O) groups is 3. The molecule has 4 unspecified atom stereocenters. The summed E-state index contributed by atoms with van der Waals surface area (Å²) in [7, 11) is 2.02. The zero-order valence-electron chi connectivity index (χ0n) is 25.3. The first kappa shape index (κ1) is 29.5. The molecular weight excluding hydrogens is 520 g/mol. The van der Waals surface area contributed by atoms with Crippen molar-refractivity contribution in [1.29, 1.82) is 0 Å². The summed E-state index contributed by atoms with van der Waals surface area (Å²) in [6, 6.07) is 5.41. The van der Waals surface area contributed by atoms with Crippen LogP contribution in [-0.2, 0) is 25.5 Å². The van der Waals surface area contributed by atoms with Gasteiger partial charge in [-0.1, -0.05) is 58.7 Å². The van der Waals surface area contributed by atoms with Crippen LogP contribution in [0.15, 0.2) is 30.5 Å². The number of nitrogens with zero attached hydrogens (tertiary/aromatic N) is 2. The smallest absolute Gasteiger partial charge is 0.281 e. The minimum Gasteiger partial charge on any atom is -0.361 e. The third kappa shape index (κ3) is 4.62. The van der Waals surface area contributed by atoms with Crippen LogP contribution in [0.2, 0.25) is 0 Å². The van der Waals surface area contributed by atoms with Crippen molar-refractivity contribution in [3.63, 3.8) is 0 Å². The van der Waals surface area contributed by atoms with E-state index in [1.54, 1.807) is 20.8 Å². The third-order valence-electron chi connectivity index (χ3n) is 9.53. The van der Waals surface area contributed by atoms with E-state index in [1.165, 1.54) is 17.9 Å². The molecule has 3 N–H and O–H groups in total. The van der Waals surface area contributed by atoms with Gasteiger partial charge < -0.3 is 15.4 Å². The van der Waals surface area contributed by atoms with E-state index in [0.717, 1.165) is 40.8 Å². The van der Waals surface area contributed by atoms with E-state index < -0.39 is 41.3 Å². The summed E-state index contributed by atoms with van der Waals surface area (Å²) in [5.41, 5.74) is 2.75. The van der Waals surface area contributed by atoms with Crippen molar-refractivity contribution in [2.45, 2.75) is 90.9 Å². The maximum atomic E-state index is 14.2. The third-order valence-corrected chi connectivity index (χ3v) is 9.53. The number of likely N-dealkylation sites (N-methyl/N-ethyl adjacent to an activating group) is 1. The number of Topliss-reactive ketones (excluding diaryl/α,β-unsaturated/α-hetero) is 1. The van der Waals surface area contributed by atoms with E-state index in [-0.39, 0.29) is 17.7 Å². The molecule has 9 nitrogen and oxygen atoms in total. The highest BCUT2D eigenvalue weighted by atomic mass is 16.7. The zero-order valence-corrected chi connectivity index (χ0v) is 25.3. The highest BCUT2D eigenvalue weighted by Crippen LogP contribution is 2.45. The van der Waals surface area contributed by atoms with Gasteiger partial charge in [-0.15, -0.1) is 0 Å². The van der Waals surface area contributed by atoms with Gasteiger partial charge in [0.05, 0.1) is 12.0 Å². The topological polar surface area (TPSA) is 115 Å². The Hall–Kier alpha value is -3.01. The van der Waals surface area contributed by atoms with Crippen LogP contribution < -0.4 is 5.32 Å². The van der Waals surface area contributed by atoms with Crippen molar-refractivity contribution in [2.75, 3.05) is 13.6 Å². The SMILES string of the molecule is CCCCC(C)[C@]1(O)OC(NC(=O)C2C=C3c4cccc5[nH]cc(c45)CC3N(C)C2)(C(C)C)C(=O)N1[C@@H](C)C(C)=O. The molecule has 1 saturated heterocycles. The van der Waals surface area contributed by atoms with Crippen LogP contribution in [0.3, 0.4) is 0 Å². The fourth-order valence-electron chi connectivity index (χ4n) is 6.80. The van der Waals surface area contributed by atoms with Crippen molar-refractivity contribution < 1.29 is 24.2 Å². The second-order valence-corrected chi connectivity index (χ2v) is 12.6. The van der Waals surface area contributed by atoms with E-state index in [1.807, 2.05) is 26.1 Å². The number of carbonyl (C=O) groups excluding carboxylic acids is 3. The molecule has 0 radical (unpaired) electrons. The Morgan fingerprint density at radius 1 is 1.24 bits per heavy atom. The summed E-state index contributed by atoms with van der Waals surface area (Å²) in [6.45, 7) is 10.9. The summed E-state index contributed by atoms with van der Waals surface area (Å²) in [5, 5.41) is 16.1. The lowest BCUT2D eigenvalue weighted by molar-refractivity contribution is -0.313. The number of nitrogens with one attached hydrogen (secondary N) is 2. The molecule has 2 aromatic rings. The molecule has 1 aromatic heterocycles. The van der Waals surface area contributed by atoms with E-state index in [0.29, 0.717) is 13.0 Å². The second kappa shape index (κ2) is 10.7. The predicted octanol–water partition coefficient (Wildman–Crippen LogP) is 3.81. The number of H-pyrrole nitrogens is 1.